The first kappa shape index (κ1) is 13.3. The number of anilines is 1. The number of rotatable bonds is 5. The Morgan fingerprint density at radius 2 is 2.50 bits per heavy atom. The van der Waals surface area contributed by atoms with Gasteiger partial charge in [-0.25, -0.2) is 4.98 Å². The average Bonchev–Trinajstić information content (AvgIpc) is 2.28. The SMILES string of the molecule is CSCC[C@H](N)C(=O)Nc1ncccc1Cl. The van der Waals surface area contributed by atoms with Crippen molar-refractivity contribution >= 4 is 35.1 Å². The first-order valence-electron chi connectivity index (χ1n) is 4.81. The zero-order valence-electron chi connectivity index (χ0n) is 8.94. The van der Waals surface area contributed by atoms with Gasteiger partial charge in [-0.15, -0.1) is 0 Å². The van der Waals surface area contributed by atoms with Crippen LogP contribution in [-0.4, -0.2) is 28.9 Å². The van der Waals surface area contributed by atoms with Crippen LogP contribution in [0.1, 0.15) is 6.42 Å². The molecule has 0 bridgehead atoms. The van der Waals surface area contributed by atoms with Gasteiger partial charge in [-0.2, -0.15) is 11.8 Å². The van der Waals surface area contributed by atoms with Crippen LogP contribution in [0.5, 0.6) is 0 Å². The molecule has 0 spiro atoms. The molecule has 0 aliphatic carbocycles. The van der Waals surface area contributed by atoms with Gasteiger partial charge >= 0.3 is 0 Å². The van der Waals surface area contributed by atoms with E-state index in [2.05, 4.69) is 10.3 Å². The number of nitrogens with zero attached hydrogens (tertiary/aromatic N) is 1. The van der Waals surface area contributed by atoms with E-state index in [1.165, 1.54) is 0 Å². The van der Waals surface area contributed by atoms with Crippen molar-refractivity contribution in [3.63, 3.8) is 0 Å². The van der Waals surface area contributed by atoms with Crippen LogP contribution < -0.4 is 11.1 Å². The molecular formula is C10H14ClN3OS. The third kappa shape index (κ3) is 4.00. The zero-order valence-corrected chi connectivity index (χ0v) is 10.5. The smallest absolute Gasteiger partial charge is 0.242 e. The Labute approximate surface area is 104 Å². The Morgan fingerprint density at radius 3 is 3.12 bits per heavy atom. The van der Waals surface area contributed by atoms with E-state index in [9.17, 15) is 4.79 Å². The number of carbonyl (C=O) groups is 1. The Balaban J connectivity index is 2.54. The molecule has 6 heteroatoms. The number of nitrogens with two attached hydrogens (primary N) is 1. The molecule has 0 saturated heterocycles. The van der Waals surface area contributed by atoms with Crippen molar-refractivity contribution in [3.8, 4) is 0 Å². The number of hydrogen-bond donors (Lipinski definition) is 2. The highest BCUT2D eigenvalue weighted by Gasteiger charge is 2.14. The van der Waals surface area contributed by atoms with Crippen LogP contribution in [0.15, 0.2) is 18.3 Å². The van der Waals surface area contributed by atoms with Gasteiger partial charge < -0.3 is 11.1 Å². The molecule has 1 atom stereocenters. The quantitative estimate of drug-likeness (QED) is 0.846. The second-order valence-electron chi connectivity index (χ2n) is 3.21. The minimum absolute atomic E-state index is 0.255. The summed E-state index contributed by atoms with van der Waals surface area (Å²) in [6.07, 6.45) is 4.17. The molecular weight excluding hydrogens is 246 g/mol. The Morgan fingerprint density at radius 1 is 1.75 bits per heavy atom. The molecule has 0 fully saturated rings. The van der Waals surface area contributed by atoms with Gasteiger partial charge in [0, 0.05) is 6.20 Å². The lowest BCUT2D eigenvalue weighted by atomic mass is 10.2. The predicted molar refractivity (Wildman–Crippen MR) is 68.9 cm³/mol. The number of aromatic nitrogens is 1. The predicted octanol–water partition coefficient (Wildman–Crippen LogP) is 1.75. The van der Waals surface area contributed by atoms with E-state index in [0.717, 1.165) is 5.75 Å². The number of amides is 1. The van der Waals surface area contributed by atoms with E-state index in [-0.39, 0.29) is 5.91 Å². The van der Waals surface area contributed by atoms with Gasteiger partial charge in [-0.3, -0.25) is 4.79 Å². The van der Waals surface area contributed by atoms with Crippen molar-refractivity contribution in [2.45, 2.75) is 12.5 Å². The molecule has 0 aliphatic rings. The van der Waals surface area contributed by atoms with Crippen LogP contribution in [0.25, 0.3) is 0 Å². The van der Waals surface area contributed by atoms with Crippen LogP contribution in [0.3, 0.4) is 0 Å². The lowest BCUT2D eigenvalue weighted by Gasteiger charge is -2.11. The second-order valence-corrected chi connectivity index (χ2v) is 4.60. The molecule has 1 heterocycles. The monoisotopic (exact) mass is 259 g/mol. The summed E-state index contributed by atoms with van der Waals surface area (Å²) >= 11 is 7.51. The highest BCUT2D eigenvalue weighted by atomic mass is 35.5. The van der Waals surface area contributed by atoms with Crippen LogP contribution in [-0.2, 0) is 4.79 Å². The fourth-order valence-corrected chi connectivity index (χ4v) is 1.72. The third-order valence-electron chi connectivity index (χ3n) is 1.97. The average molecular weight is 260 g/mol. The number of hydrogen-bond acceptors (Lipinski definition) is 4. The highest BCUT2D eigenvalue weighted by Crippen LogP contribution is 2.17. The van der Waals surface area contributed by atoms with Crippen LogP contribution in [0.2, 0.25) is 5.02 Å². The van der Waals surface area contributed by atoms with E-state index in [0.29, 0.717) is 17.3 Å². The number of halogens is 1. The summed E-state index contributed by atoms with van der Waals surface area (Å²) in [7, 11) is 0. The molecule has 3 N–H and O–H groups in total. The van der Waals surface area contributed by atoms with Gasteiger partial charge in [0.05, 0.1) is 11.1 Å². The Bertz CT molecular complexity index is 362. The zero-order chi connectivity index (χ0) is 12.0. The van der Waals surface area contributed by atoms with Gasteiger partial charge in [0.1, 0.15) is 0 Å². The third-order valence-corrected chi connectivity index (χ3v) is 2.92. The van der Waals surface area contributed by atoms with Gasteiger partial charge in [-0.05, 0) is 30.6 Å². The minimum atomic E-state index is -0.523. The fourth-order valence-electron chi connectivity index (χ4n) is 1.06. The summed E-state index contributed by atoms with van der Waals surface area (Å²) in [6.45, 7) is 0. The second kappa shape index (κ2) is 6.73. The molecule has 0 unspecified atom stereocenters. The molecule has 1 amide bonds. The van der Waals surface area contributed by atoms with Crippen LogP contribution >= 0.6 is 23.4 Å². The minimum Gasteiger partial charge on any atom is -0.320 e. The van der Waals surface area contributed by atoms with Gasteiger partial charge in [0.15, 0.2) is 5.82 Å². The molecule has 0 aromatic carbocycles. The van der Waals surface area contributed by atoms with Crippen LogP contribution in [0.4, 0.5) is 5.82 Å². The molecule has 1 aromatic rings. The van der Waals surface area contributed by atoms with E-state index < -0.39 is 6.04 Å². The largest absolute Gasteiger partial charge is 0.320 e. The lowest BCUT2D eigenvalue weighted by Crippen LogP contribution is -2.36. The summed E-state index contributed by atoms with van der Waals surface area (Å²) in [4.78, 5) is 15.6. The molecule has 0 saturated carbocycles. The number of nitrogens with one attached hydrogen (secondary N) is 1. The number of carbonyl (C=O) groups excluding carboxylic acids is 1. The van der Waals surface area contributed by atoms with Crippen molar-refractivity contribution in [1.82, 2.24) is 4.98 Å². The normalized spacial score (nSPS) is 12.2. The van der Waals surface area contributed by atoms with Gasteiger partial charge in [0.25, 0.3) is 0 Å². The molecule has 88 valence electrons. The van der Waals surface area contributed by atoms with E-state index in [1.807, 2.05) is 6.26 Å². The summed E-state index contributed by atoms with van der Waals surface area (Å²) in [5, 5.41) is 3.01. The standard InChI is InChI=1S/C10H14ClN3OS/c1-16-6-4-8(12)10(15)14-9-7(11)3-2-5-13-9/h2-3,5,8H,4,6,12H2,1H3,(H,13,14,15)/t8-/m0/s1. The van der Waals surface area contributed by atoms with Crippen LogP contribution in [0, 0.1) is 0 Å². The first-order valence-corrected chi connectivity index (χ1v) is 6.58. The molecule has 1 rings (SSSR count). The summed E-state index contributed by atoms with van der Waals surface area (Å²) in [6, 6.07) is 2.84. The molecule has 16 heavy (non-hydrogen) atoms. The molecule has 1 aromatic heterocycles. The summed E-state index contributed by atoms with van der Waals surface area (Å²) < 4.78 is 0. The first-order chi connectivity index (χ1) is 7.65. The highest BCUT2D eigenvalue weighted by molar-refractivity contribution is 7.98. The van der Waals surface area contributed by atoms with Crippen molar-refractivity contribution < 1.29 is 4.79 Å². The van der Waals surface area contributed by atoms with E-state index in [4.69, 9.17) is 17.3 Å². The van der Waals surface area contributed by atoms with E-state index in [1.54, 1.807) is 30.1 Å². The number of thioether (sulfide) groups is 1. The Kier molecular flexibility index (Phi) is 5.59. The number of pyridine rings is 1. The van der Waals surface area contributed by atoms with Gasteiger partial charge in [-0.1, -0.05) is 11.6 Å². The topological polar surface area (TPSA) is 68.0 Å². The fraction of sp³-hybridized carbons (Fsp3) is 0.400. The Hall–Kier alpha value is -0.780. The van der Waals surface area contributed by atoms with Crippen molar-refractivity contribution in [1.29, 1.82) is 0 Å². The van der Waals surface area contributed by atoms with Gasteiger partial charge in [0.2, 0.25) is 5.91 Å². The molecule has 0 radical (unpaired) electrons. The summed E-state index contributed by atoms with van der Waals surface area (Å²) in [5.74, 6) is 0.952. The molecule has 0 aliphatic heterocycles. The van der Waals surface area contributed by atoms with E-state index >= 15 is 0 Å². The lowest BCUT2D eigenvalue weighted by molar-refractivity contribution is -0.117. The maximum Gasteiger partial charge on any atom is 0.242 e. The van der Waals surface area contributed by atoms with Crippen molar-refractivity contribution in [2.75, 3.05) is 17.3 Å². The maximum atomic E-state index is 11.6. The molecule has 4 nitrogen and oxygen atoms in total. The summed E-state index contributed by atoms with van der Waals surface area (Å²) in [5.41, 5.74) is 5.70. The van der Waals surface area contributed by atoms with Crippen molar-refractivity contribution in [2.24, 2.45) is 5.73 Å². The maximum absolute atomic E-state index is 11.6. The van der Waals surface area contributed by atoms with Crippen molar-refractivity contribution in [3.05, 3.63) is 23.4 Å².